The number of aliphatic hydroxyl groups is 2. The molecule has 0 aliphatic carbocycles. The van der Waals surface area contributed by atoms with E-state index in [0.717, 1.165) is 12.2 Å². The number of carbonyl (C=O) groups is 1. The Bertz CT molecular complexity index is 140. The van der Waals surface area contributed by atoms with Crippen LogP contribution in [-0.2, 0) is 9.53 Å². The summed E-state index contributed by atoms with van der Waals surface area (Å²) in [5.41, 5.74) is 0. The minimum absolute atomic E-state index is 0.204. The van der Waals surface area contributed by atoms with Crippen LogP contribution in [0.1, 0.15) is 12.8 Å². The van der Waals surface area contributed by atoms with E-state index < -0.39 is 6.10 Å². The number of hydrogen-bond donors (Lipinski definition) is 2. The molecule has 0 aliphatic rings. The first-order chi connectivity index (χ1) is 6.20. The van der Waals surface area contributed by atoms with Crippen molar-refractivity contribution in [3.05, 3.63) is 0 Å². The van der Waals surface area contributed by atoms with Crippen LogP contribution in [0, 0.1) is 0 Å². The zero-order valence-electron chi connectivity index (χ0n) is 7.73. The molecule has 0 aliphatic heterocycles. The highest BCUT2D eigenvalue weighted by atomic mass is 32.2. The highest BCUT2D eigenvalue weighted by Gasteiger charge is 2.02. The molecule has 78 valence electrons. The number of rotatable bonds is 7. The van der Waals surface area contributed by atoms with E-state index >= 15 is 0 Å². The van der Waals surface area contributed by atoms with Crippen LogP contribution < -0.4 is 0 Å². The van der Waals surface area contributed by atoms with Gasteiger partial charge in [0.2, 0.25) is 0 Å². The van der Waals surface area contributed by atoms with Gasteiger partial charge in [0.05, 0.1) is 19.8 Å². The third-order valence-electron chi connectivity index (χ3n) is 1.42. The molecule has 0 aromatic carbocycles. The quantitative estimate of drug-likeness (QED) is 0.456. The molecule has 0 aromatic rings. The number of hydrogen-bond acceptors (Lipinski definition) is 5. The molecule has 0 heterocycles. The second kappa shape index (κ2) is 8.34. The van der Waals surface area contributed by atoms with Gasteiger partial charge < -0.3 is 14.9 Å². The molecule has 0 saturated heterocycles. The van der Waals surface area contributed by atoms with E-state index in [1.165, 1.54) is 18.9 Å². The number of methoxy groups -OCH3 is 1. The maximum absolute atomic E-state index is 10.6. The SMILES string of the molecule is COC(=O)CCCSCC(O)CO. The first-order valence-corrected chi connectivity index (χ1v) is 5.29. The summed E-state index contributed by atoms with van der Waals surface area (Å²) in [6, 6.07) is 0. The Hall–Kier alpha value is -0.260. The van der Waals surface area contributed by atoms with E-state index in [2.05, 4.69) is 4.74 Å². The van der Waals surface area contributed by atoms with Crippen LogP contribution in [0.2, 0.25) is 0 Å². The van der Waals surface area contributed by atoms with Crippen LogP contribution in [0.15, 0.2) is 0 Å². The third kappa shape index (κ3) is 8.08. The van der Waals surface area contributed by atoms with Crippen molar-refractivity contribution in [2.75, 3.05) is 25.2 Å². The second-order valence-electron chi connectivity index (χ2n) is 2.59. The number of esters is 1. The average Bonchev–Trinajstić information content (AvgIpc) is 2.16. The highest BCUT2D eigenvalue weighted by Crippen LogP contribution is 2.06. The summed E-state index contributed by atoms with van der Waals surface area (Å²) >= 11 is 1.52. The van der Waals surface area contributed by atoms with Crippen LogP contribution in [0.25, 0.3) is 0 Å². The van der Waals surface area contributed by atoms with Gasteiger partial charge in [-0.15, -0.1) is 0 Å². The van der Waals surface area contributed by atoms with Crippen molar-refractivity contribution >= 4 is 17.7 Å². The van der Waals surface area contributed by atoms with E-state index in [0.29, 0.717) is 12.2 Å². The molecular weight excluding hydrogens is 192 g/mol. The number of ether oxygens (including phenoxy) is 1. The van der Waals surface area contributed by atoms with E-state index in [9.17, 15) is 4.79 Å². The first kappa shape index (κ1) is 12.7. The van der Waals surface area contributed by atoms with Crippen LogP contribution in [0.5, 0.6) is 0 Å². The van der Waals surface area contributed by atoms with Gasteiger partial charge in [-0.1, -0.05) is 0 Å². The summed E-state index contributed by atoms with van der Waals surface area (Å²) in [4.78, 5) is 10.6. The third-order valence-corrected chi connectivity index (χ3v) is 2.62. The topological polar surface area (TPSA) is 66.8 Å². The number of carbonyl (C=O) groups excluding carboxylic acids is 1. The number of aliphatic hydroxyl groups excluding tert-OH is 2. The zero-order valence-corrected chi connectivity index (χ0v) is 8.55. The molecular formula is C8H16O4S. The normalized spacial score (nSPS) is 12.5. The van der Waals surface area contributed by atoms with Gasteiger partial charge in [-0.25, -0.2) is 0 Å². The van der Waals surface area contributed by atoms with Crippen molar-refractivity contribution in [3.8, 4) is 0 Å². The Kier molecular flexibility index (Phi) is 8.18. The predicted molar refractivity (Wildman–Crippen MR) is 51.7 cm³/mol. The van der Waals surface area contributed by atoms with Gasteiger partial charge in [-0.2, -0.15) is 11.8 Å². The van der Waals surface area contributed by atoms with Crippen molar-refractivity contribution in [2.24, 2.45) is 0 Å². The Balaban J connectivity index is 3.12. The smallest absolute Gasteiger partial charge is 0.305 e. The van der Waals surface area contributed by atoms with Crippen LogP contribution in [-0.4, -0.2) is 47.5 Å². The summed E-state index contributed by atoms with van der Waals surface area (Å²) in [7, 11) is 1.37. The van der Waals surface area contributed by atoms with Crippen molar-refractivity contribution in [2.45, 2.75) is 18.9 Å². The van der Waals surface area contributed by atoms with E-state index in [1.54, 1.807) is 0 Å². The van der Waals surface area contributed by atoms with Crippen molar-refractivity contribution in [1.29, 1.82) is 0 Å². The zero-order chi connectivity index (χ0) is 10.1. The Labute approximate surface area is 82.3 Å². The van der Waals surface area contributed by atoms with Gasteiger partial charge in [0, 0.05) is 12.2 Å². The first-order valence-electron chi connectivity index (χ1n) is 4.14. The molecule has 0 rings (SSSR count). The van der Waals surface area contributed by atoms with Crippen molar-refractivity contribution in [3.63, 3.8) is 0 Å². The Morgan fingerprint density at radius 2 is 2.31 bits per heavy atom. The molecule has 0 saturated carbocycles. The van der Waals surface area contributed by atoms with Crippen LogP contribution in [0.3, 0.4) is 0 Å². The molecule has 0 spiro atoms. The molecule has 1 atom stereocenters. The lowest BCUT2D eigenvalue weighted by molar-refractivity contribution is -0.140. The minimum atomic E-state index is -0.650. The van der Waals surface area contributed by atoms with Gasteiger partial charge >= 0.3 is 5.97 Å². The fourth-order valence-electron chi connectivity index (χ4n) is 0.693. The largest absolute Gasteiger partial charge is 0.469 e. The highest BCUT2D eigenvalue weighted by molar-refractivity contribution is 7.99. The summed E-state index contributed by atoms with van der Waals surface area (Å²) in [5.74, 6) is 1.10. The molecule has 4 nitrogen and oxygen atoms in total. The molecule has 0 amide bonds. The van der Waals surface area contributed by atoms with Crippen LogP contribution in [0.4, 0.5) is 0 Å². The lowest BCUT2D eigenvalue weighted by atomic mass is 10.3. The Morgan fingerprint density at radius 1 is 1.62 bits per heavy atom. The lowest BCUT2D eigenvalue weighted by Crippen LogP contribution is -2.15. The number of thioether (sulfide) groups is 1. The molecule has 1 unspecified atom stereocenters. The molecule has 13 heavy (non-hydrogen) atoms. The molecule has 0 bridgehead atoms. The lowest BCUT2D eigenvalue weighted by Gasteiger charge is -2.05. The molecule has 0 fully saturated rings. The summed E-state index contributed by atoms with van der Waals surface area (Å²) < 4.78 is 4.46. The Morgan fingerprint density at radius 3 is 2.85 bits per heavy atom. The maximum atomic E-state index is 10.6. The van der Waals surface area contributed by atoms with E-state index in [4.69, 9.17) is 10.2 Å². The monoisotopic (exact) mass is 208 g/mol. The van der Waals surface area contributed by atoms with Gasteiger partial charge in [0.15, 0.2) is 0 Å². The average molecular weight is 208 g/mol. The second-order valence-corrected chi connectivity index (χ2v) is 3.74. The van der Waals surface area contributed by atoms with E-state index in [1.807, 2.05) is 0 Å². The predicted octanol–water partition coefficient (Wildman–Crippen LogP) is 0.0260. The summed E-state index contributed by atoms with van der Waals surface area (Å²) in [6.07, 6.45) is 0.511. The summed E-state index contributed by atoms with van der Waals surface area (Å²) in [5, 5.41) is 17.4. The van der Waals surface area contributed by atoms with Gasteiger partial charge in [-0.3, -0.25) is 4.79 Å². The molecule has 0 aromatic heterocycles. The van der Waals surface area contributed by atoms with Crippen LogP contribution >= 0.6 is 11.8 Å². The molecule has 2 N–H and O–H groups in total. The molecule has 0 radical (unpaired) electrons. The fourth-order valence-corrected chi connectivity index (χ4v) is 1.59. The van der Waals surface area contributed by atoms with Crippen molar-refractivity contribution in [1.82, 2.24) is 0 Å². The van der Waals surface area contributed by atoms with Crippen molar-refractivity contribution < 1.29 is 19.7 Å². The fraction of sp³-hybridized carbons (Fsp3) is 0.875. The standard InChI is InChI=1S/C8H16O4S/c1-12-8(11)3-2-4-13-6-7(10)5-9/h7,9-10H,2-6H2,1H3. The van der Waals surface area contributed by atoms with Gasteiger partial charge in [-0.05, 0) is 12.2 Å². The van der Waals surface area contributed by atoms with Gasteiger partial charge in [0.1, 0.15) is 0 Å². The molecule has 5 heteroatoms. The van der Waals surface area contributed by atoms with Gasteiger partial charge in [0.25, 0.3) is 0 Å². The minimum Gasteiger partial charge on any atom is -0.469 e. The maximum Gasteiger partial charge on any atom is 0.305 e. The van der Waals surface area contributed by atoms with E-state index in [-0.39, 0.29) is 12.6 Å². The summed E-state index contributed by atoms with van der Waals surface area (Å²) in [6.45, 7) is -0.204.